The summed E-state index contributed by atoms with van der Waals surface area (Å²) >= 11 is 6.73. The van der Waals surface area contributed by atoms with Gasteiger partial charge in [-0.2, -0.15) is 5.10 Å². The maximum absolute atomic E-state index is 9.23. The first-order valence-electron chi connectivity index (χ1n) is 12.0. The number of hydrogen-bond donors (Lipinski definition) is 2. The number of fused-ring (bicyclic) bond motifs is 3. The van der Waals surface area contributed by atoms with E-state index in [2.05, 4.69) is 21.0 Å². The lowest BCUT2D eigenvalue weighted by Crippen LogP contribution is -2.56. The number of likely N-dealkylation sites (tertiary alicyclic amines) is 1. The molecule has 10 heteroatoms. The molecule has 2 atom stereocenters. The fourth-order valence-electron chi connectivity index (χ4n) is 5.74. The monoisotopic (exact) mass is 483 g/mol. The molecule has 2 bridgehead atoms. The van der Waals surface area contributed by atoms with Crippen LogP contribution < -0.4 is 10.6 Å². The molecular formula is C24H30ClN7O2. The number of nitrogens with two attached hydrogens (primary N) is 1. The second kappa shape index (κ2) is 8.42. The summed E-state index contributed by atoms with van der Waals surface area (Å²) in [5.41, 5.74) is 8.24. The zero-order valence-corrected chi connectivity index (χ0v) is 20.1. The van der Waals surface area contributed by atoms with Crippen LogP contribution in [0.15, 0.2) is 24.4 Å². The van der Waals surface area contributed by atoms with Crippen LogP contribution in [0.4, 0.5) is 5.82 Å². The van der Waals surface area contributed by atoms with Crippen LogP contribution in [0.3, 0.4) is 0 Å². The standard InChI is InChI=1S/C24H30ClN7O2/c1-15-28-22(31-13-18-11-24(31,26)14-34-18)10-23(29-15)32-21-9-19(20(25)8-17(21)12-27-32)16-2-4-30(5-3-16)6-7-33/h8-10,12,16,18,33H,2-7,11,13-14,26H2,1H3. The van der Waals surface area contributed by atoms with Gasteiger partial charge in [-0.3, -0.25) is 0 Å². The Labute approximate surface area is 203 Å². The molecule has 2 aromatic heterocycles. The molecule has 3 N–H and O–H groups in total. The Kier molecular flexibility index (Phi) is 5.50. The van der Waals surface area contributed by atoms with Gasteiger partial charge in [-0.15, -0.1) is 0 Å². The number of aliphatic hydroxyl groups is 1. The van der Waals surface area contributed by atoms with Crippen molar-refractivity contribution in [3.63, 3.8) is 0 Å². The second-order valence-electron chi connectivity index (χ2n) is 9.81. The SMILES string of the molecule is Cc1nc(N2CC3CC2(N)CO3)cc(-n2ncc3cc(Cl)c(C4CCN(CCO)CC4)cc32)n1. The van der Waals surface area contributed by atoms with Crippen LogP contribution in [0.2, 0.25) is 5.02 Å². The summed E-state index contributed by atoms with van der Waals surface area (Å²) in [6, 6.07) is 6.15. The van der Waals surface area contributed by atoms with E-state index in [1.807, 2.05) is 29.9 Å². The number of aromatic nitrogens is 4. The number of piperidine rings is 1. The molecule has 9 nitrogen and oxygen atoms in total. The van der Waals surface area contributed by atoms with Crippen LogP contribution >= 0.6 is 11.6 Å². The number of anilines is 1. The predicted molar refractivity (Wildman–Crippen MR) is 131 cm³/mol. The van der Waals surface area contributed by atoms with Gasteiger partial charge in [0, 0.05) is 36.0 Å². The van der Waals surface area contributed by atoms with Crippen LogP contribution in [-0.2, 0) is 4.74 Å². The van der Waals surface area contributed by atoms with Gasteiger partial charge in [-0.05, 0) is 56.5 Å². The van der Waals surface area contributed by atoms with Gasteiger partial charge >= 0.3 is 0 Å². The largest absolute Gasteiger partial charge is 0.395 e. The minimum Gasteiger partial charge on any atom is -0.395 e. The number of β-amino-alcohol motifs (C(OH)–C–C–N with tert-alkyl or cyclic N) is 1. The number of ether oxygens (including phenoxy) is 1. The summed E-state index contributed by atoms with van der Waals surface area (Å²) in [6.07, 6.45) is 4.85. The van der Waals surface area contributed by atoms with Crippen LogP contribution in [0.5, 0.6) is 0 Å². The smallest absolute Gasteiger partial charge is 0.159 e. The van der Waals surface area contributed by atoms with Gasteiger partial charge < -0.3 is 25.4 Å². The fraction of sp³-hybridized carbons (Fsp3) is 0.542. The van der Waals surface area contributed by atoms with Gasteiger partial charge in [-0.25, -0.2) is 14.6 Å². The summed E-state index contributed by atoms with van der Waals surface area (Å²) in [5, 5.41) is 15.7. The molecule has 180 valence electrons. The molecule has 3 aliphatic rings. The van der Waals surface area contributed by atoms with Crippen molar-refractivity contribution in [3.8, 4) is 5.82 Å². The number of benzene rings is 1. The molecule has 3 saturated heterocycles. The molecule has 0 radical (unpaired) electrons. The third-order valence-corrected chi connectivity index (χ3v) is 7.84. The number of hydrogen-bond acceptors (Lipinski definition) is 8. The average molecular weight is 484 g/mol. The predicted octanol–water partition coefficient (Wildman–Crippen LogP) is 2.21. The van der Waals surface area contributed by atoms with Crippen LogP contribution in [0.25, 0.3) is 16.7 Å². The highest BCUT2D eigenvalue weighted by Crippen LogP contribution is 2.38. The minimum absolute atomic E-state index is 0.155. The minimum atomic E-state index is -0.513. The maximum atomic E-state index is 9.23. The number of aryl methyl sites for hydroxylation is 1. The van der Waals surface area contributed by atoms with E-state index in [-0.39, 0.29) is 12.7 Å². The second-order valence-corrected chi connectivity index (χ2v) is 10.2. The van der Waals surface area contributed by atoms with E-state index >= 15 is 0 Å². The number of morpholine rings is 1. The van der Waals surface area contributed by atoms with Gasteiger partial charge in [0.1, 0.15) is 17.3 Å². The Morgan fingerprint density at radius 1 is 1.21 bits per heavy atom. The molecule has 2 unspecified atom stereocenters. The van der Waals surface area contributed by atoms with Gasteiger partial charge in [-0.1, -0.05) is 11.6 Å². The van der Waals surface area contributed by atoms with E-state index in [0.717, 1.165) is 78.6 Å². The van der Waals surface area contributed by atoms with Crippen molar-refractivity contribution in [1.29, 1.82) is 0 Å². The van der Waals surface area contributed by atoms with Crippen molar-refractivity contribution in [2.75, 3.05) is 44.3 Å². The van der Waals surface area contributed by atoms with Gasteiger partial charge in [0.05, 0.1) is 31.0 Å². The molecule has 3 aromatic rings. The number of nitrogens with zero attached hydrogens (tertiary/aromatic N) is 6. The maximum Gasteiger partial charge on any atom is 0.159 e. The molecule has 34 heavy (non-hydrogen) atoms. The molecular weight excluding hydrogens is 454 g/mol. The molecule has 0 saturated carbocycles. The van der Waals surface area contributed by atoms with Crippen molar-refractivity contribution in [2.45, 2.75) is 43.9 Å². The zero-order valence-electron chi connectivity index (χ0n) is 19.3. The van der Waals surface area contributed by atoms with Gasteiger partial charge in [0.2, 0.25) is 0 Å². The van der Waals surface area contributed by atoms with Crippen LogP contribution in [-0.4, -0.2) is 80.9 Å². The third-order valence-electron chi connectivity index (χ3n) is 7.51. The van der Waals surface area contributed by atoms with E-state index < -0.39 is 5.66 Å². The highest BCUT2D eigenvalue weighted by Gasteiger charge is 2.50. The van der Waals surface area contributed by atoms with Crippen molar-refractivity contribution in [1.82, 2.24) is 24.6 Å². The first-order valence-corrected chi connectivity index (χ1v) is 12.4. The van der Waals surface area contributed by atoms with Crippen molar-refractivity contribution in [2.24, 2.45) is 5.73 Å². The van der Waals surface area contributed by atoms with Crippen molar-refractivity contribution >= 4 is 28.3 Å². The topological polar surface area (TPSA) is 106 Å². The molecule has 0 amide bonds. The normalized spacial score (nSPS) is 25.6. The first kappa shape index (κ1) is 22.2. The zero-order chi connectivity index (χ0) is 23.4. The highest BCUT2D eigenvalue weighted by atomic mass is 35.5. The molecule has 3 fully saturated rings. The summed E-state index contributed by atoms with van der Waals surface area (Å²) in [5.74, 6) is 2.59. The molecule has 6 rings (SSSR count). The van der Waals surface area contributed by atoms with Crippen LogP contribution in [0.1, 0.15) is 36.6 Å². The molecule has 5 heterocycles. The summed E-state index contributed by atoms with van der Waals surface area (Å²) in [7, 11) is 0. The summed E-state index contributed by atoms with van der Waals surface area (Å²) in [6.45, 7) is 6.02. The number of halogens is 1. The van der Waals surface area contributed by atoms with Crippen molar-refractivity contribution in [3.05, 3.63) is 40.8 Å². The van der Waals surface area contributed by atoms with E-state index in [9.17, 15) is 5.11 Å². The number of aliphatic hydroxyl groups excluding tert-OH is 1. The van der Waals surface area contributed by atoms with E-state index in [4.69, 9.17) is 32.0 Å². The lowest BCUT2D eigenvalue weighted by molar-refractivity contribution is 0.0849. The quantitative estimate of drug-likeness (QED) is 0.569. The summed E-state index contributed by atoms with van der Waals surface area (Å²) in [4.78, 5) is 13.8. The Balaban J connectivity index is 1.35. The molecule has 1 aromatic carbocycles. The van der Waals surface area contributed by atoms with Crippen LogP contribution in [0, 0.1) is 6.92 Å². The van der Waals surface area contributed by atoms with E-state index in [0.29, 0.717) is 18.3 Å². The lowest BCUT2D eigenvalue weighted by Gasteiger charge is -2.36. The number of rotatable bonds is 5. The first-order chi connectivity index (χ1) is 16.4. The van der Waals surface area contributed by atoms with Gasteiger partial charge in [0.25, 0.3) is 0 Å². The van der Waals surface area contributed by atoms with E-state index in [1.54, 1.807) is 0 Å². The molecule has 0 spiro atoms. The Morgan fingerprint density at radius 3 is 2.71 bits per heavy atom. The van der Waals surface area contributed by atoms with Crippen molar-refractivity contribution < 1.29 is 9.84 Å². The lowest BCUT2D eigenvalue weighted by atomic mass is 9.89. The summed E-state index contributed by atoms with van der Waals surface area (Å²) < 4.78 is 7.62. The highest BCUT2D eigenvalue weighted by molar-refractivity contribution is 6.32. The fourth-order valence-corrected chi connectivity index (χ4v) is 6.06. The molecule has 0 aliphatic carbocycles. The average Bonchev–Trinajstić information content (AvgIpc) is 3.50. The Bertz CT molecular complexity index is 1230. The Hall–Kier alpha value is -2.30. The third kappa shape index (κ3) is 3.76. The Morgan fingerprint density at radius 2 is 2.00 bits per heavy atom. The molecule has 3 aliphatic heterocycles. The van der Waals surface area contributed by atoms with E-state index in [1.165, 1.54) is 0 Å². The van der Waals surface area contributed by atoms with Gasteiger partial charge in [0.15, 0.2) is 5.82 Å².